The van der Waals surface area contributed by atoms with Crippen molar-refractivity contribution in [3.63, 3.8) is 0 Å². The first-order valence-electron chi connectivity index (χ1n) is 9.86. The van der Waals surface area contributed by atoms with Gasteiger partial charge in [0.05, 0.1) is 13.2 Å². The zero-order chi connectivity index (χ0) is 21.6. The molecule has 0 bridgehead atoms. The molecule has 0 aliphatic carbocycles. The summed E-state index contributed by atoms with van der Waals surface area (Å²) in [5.74, 6) is 0.954. The number of thiocarbonyl (C=S) groups is 1. The highest BCUT2D eigenvalue weighted by molar-refractivity contribution is 7.80. The number of ether oxygens (including phenoxy) is 4. The van der Waals surface area contributed by atoms with E-state index in [-0.39, 0.29) is 11.0 Å². The first-order chi connectivity index (χ1) is 14.6. The van der Waals surface area contributed by atoms with E-state index >= 15 is 0 Å². The lowest BCUT2D eigenvalue weighted by atomic mass is 10.2. The standard InChI is InChI=1S/C22H28N2O5S/c1-3-26-11-13-28-19-9-5-7-17(15-19)21(25)24-22(30)23-18-8-6-10-20(16-18)29-14-12-27-4-2/h5-10,15-16H,3-4,11-14H2,1-2H3,(H2,23,24,25,30). The van der Waals surface area contributed by atoms with Gasteiger partial charge < -0.3 is 24.3 Å². The molecule has 0 aliphatic rings. The van der Waals surface area contributed by atoms with Crippen molar-refractivity contribution in [3.05, 3.63) is 54.1 Å². The van der Waals surface area contributed by atoms with E-state index in [1.807, 2.05) is 32.0 Å². The SMILES string of the molecule is CCOCCOc1cccc(NC(=S)NC(=O)c2cccc(OCCOCC)c2)c1. The third kappa shape index (κ3) is 8.77. The van der Waals surface area contributed by atoms with Crippen molar-refractivity contribution in [3.8, 4) is 11.5 Å². The van der Waals surface area contributed by atoms with Crippen LogP contribution in [0.5, 0.6) is 11.5 Å². The van der Waals surface area contributed by atoms with Crippen molar-refractivity contribution < 1.29 is 23.7 Å². The molecule has 0 saturated heterocycles. The molecule has 2 rings (SSSR count). The summed E-state index contributed by atoms with van der Waals surface area (Å²) < 4.78 is 21.7. The van der Waals surface area contributed by atoms with Gasteiger partial charge in [0, 0.05) is 30.5 Å². The van der Waals surface area contributed by atoms with Crippen molar-refractivity contribution in [2.75, 3.05) is 45.0 Å². The Morgan fingerprint density at radius 3 is 2.10 bits per heavy atom. The number of amides is 1. The molecule has 0 aliphatic heterocycles. The molecule has 0 atom stereocenters. The predicted molar refractivity (Wildman–Crippen MR) is 121 cm³/mol. The summed E-state index contributed by atoms with van der Waals surface area (Å²) in [5, 5.41) is 5.84. The number of hydrogen-bond donors (Lipinski definition) is 2. The van der Waals surface area contributed by atoms with E-state index in [2.05, 4.69) is 10.6 Å². The van der Waals surface area contributed by atoms with Crippen LogP contribution in [0.4, 0.5) is 5.69 Å². The fraction of sp³-hybridized carbons (Fsp3) is 0.364. The van der Waals surface area contributed by atoms with Crippen LogP contribution in [-0.2, 0) is 9.47 Å². The van der Waals surface area contributed by atoms with Gasteiger partial charge in [-0.3, -0.25) is 10.1 Å². The van der Waals surface area contributed by atoms with E-state index in [1.54, 1.807) is 30.3 Å². The van der Waals surface area contributed by atoms with Gasteiger partial charge in [0.2, 0.25) is 0 Å². The molecular weight excluding hydrogens is 404 g/mol. The fourth-order valence-electron chi connectivity index (χ4n) is 2.45. The number of nitrogens with one attached hydrogen (secondary N) is 2. The topological polar surface area (TPSA) is 78.1 Å². The Kier molecular flexibility index (Phi) is 10.6. The quantitative estimate of drug-likeness (QED) is 0.392. The zero-order valence-electron chi connectivity index (χ0n) is 17.3. The van der Waals surface area contributed by atoms with Crippen LogP contribution in [0, 0.1) is 0 Å². The van der Waals surface area contributed by atoms with Crippen molar-refractivity contribution in [1.82, 2.24) is 5.32 Å². The summed E-state index contributed by atoms with van der Waals surface area (Å²) in [6.07, 6.45) is 0. The molecular formula is C22H28N2O5S. The summed E-state index contributed by atoms with van der Waals surface area (Å²) in [5.41, 5.74) is 1.16. The smallest absolute Gasteiger partial charge is 0.257 e. The molecule has 0 spiro atoms. The minimum Gasteiger partial charge on any atom is -0.491 e. The average molecular weight is 433 g/mol. The molecule has 2 aromatic rings. The van der Waals surface area contributed by atoms with E-state index in [9.17, 15) is 4.79 Å². The lowest BCUT2D eigenvalue weighted by Crippen LogP contribution is -2.34. The monoisotopic (exact) mass is 432 g/mol. The molecule has 0 radical (unpaired) electrons. The van der Waals surface area contributed by atoms with Crippen LogP contribution in [0.25, 0.3) is 0 Å². The second-order valence-corrected chi connectivity index (χ2v) is 6.46. The van der Waals surface area contributed by atoms with E-state index < -0.39 is 0 Å². The zero-order valence-corrected chi connectivity index (χ0v) is 18.1. The number of carbonyl (C=O) groups excluding carboxylic acids is 1. The summed E-state index contributed by atoms with van der Waals surface area (Å²) >= 11 is 5.26. The summed E-state index contributed by atoms with van der Waals surface area (Å²) in [6.45, 7) is 7.05. The number of benzene rings is 2. The van der Waals surface area contributed by atoms with Crippen LogP contribution in [0.3, 0.4) is 0 Å². The third-order valence-corrected chi connectivity index (χ3v) is 4.02. The van der Waals surface area contributed by atoms with Gasteiger partial charge in [-0.15, -0.1) is 0 Å². The Balaban J connectivity index is 1.85. The van der Waals surface area contributed by atoms with Crippen molar-refractivity contribution in [1.29, 1.82) is 0 Å². The third-order valence-electron chi connectivity index (χ3n) is 3.82. The summed E-state index contributed by atoms with van der Waals surface area (Å²) in [7, 11) is 0. The minimum atomic E-state index is -0.327. The fourth-order valence-corrected chi connectivity index (χ4v) is 2.66. The van der Waals surface area contributed by atoms with Crippen LogP contribution in [-0.4, -0.2) is 50.7 Å². The Labute approximate surface area is 182 Å². The second kappa shape index (κ2) is 13.5. The van der Waals surface area contributed by atoms with Gasteiger partial charge in [0.25, 0.3) is 5.91 Å². The van der Waals surface area contributed by atoms with Crippen molar-refractivity contribution in [2.45, 2.75) is 13.8 Å². The van der Waals surface area contributed by atoms with Crippen LogP contribution < -0.4 is 20.1 Å². The van der Waals surface area contributed by atoms with E-state index in [4.69, 9.17) is 31.2 Å². The Bertz CT molecular complexity index is 816. The Morgan fingerprint density at radius 1 is 0.867 bits per heavy atom. The summed E-state index contributed by atoms with van der Waals surface area (Å²) in [4.78, 5) is 12.5. The second-order valence-electron chi connectivity index (χ2n) is 6.05. The maximum absolute atomic E-state index is 12.5. The normalized spacial score (nSPS) is 10.3. The molecule has 8 heteroatoms. The first kappa shape index (κ1) is 23.6. The maximum Gasteiger partial charge on any atom is 0.257 e. The molecule has 0 heterocycles. The molecule has 0 fully saturated rings. The number of carbonyl (C=O) groups is 1. The Hall–Kier alpha value is -2.68. The molecule has 2 N–H and O–H groups in total. The van der Waals surface area contributed by atoms with Gasteiger partial charge in [-0.25, -0.2) is 0 Å². The van der Waals surface area contributed by atoms with E-state index in [0.29, 0.717) is 62.4 Å². The molecule has 0 unspecified atom stereocenters. The molecule has 30 heavy (non-hydrogen) atoms. The number of hydrogen-bond acceptors (Lipinski definition) is 6. The average Bonchev–Trinajstić information content (AvgIpc) is 2.75. The first-order valence-corrected chi connectivity index (χ1v) is 10.3. The minimum absolute atomic E-state index is 0.189. The van der Waals surface area contributed by atoms with Gasteiger partial charge >= 0.3 is 0 Å². The van der Waals surface area contributed by atoms with E-state index in [1.165, 1.54) is 0 Å². The van der Waals surface area contributed by atoms with Crippen molar-refractivity contribution >= 4 is 28.9 Å². The van der Waals surface area contributed by atoms with E-state index in [0.717, 1.165) is 0 Å². The number of anilines is 1. The van der Waals surface area contributed by atoms with Gasteiger partial charge in [0.1, 0.15) is 24.7 Å². The lowest BCUT2D eigenvalue weighted by molar-refractivity contribution is 0.0976. The maximum atomic E-state index is 12.5. The van der Waals surface area contributed by atoms with Gasteiger partial charge in [0.15, 0.2) is 5.11 Å². The molecule has 0 saturated carbocycles. The van der Waals surface area contributed by atoms with Crippen LogP contribution in [0.1, 0.15) is 24.2 Å². The molecule has 0 aromatic heterocycles. The van der Waals surface area contributed by atoms with Crippen LogP contribution in [0.2, 0.25) is 0 Å². The summed E-state index contributed by atoms with van der Waals surface area (Å²) in [6, 6.07) is 14.2. The Morgan fingerprint density at radius 2 is 1.47 bits per heavy atom. The van der Waals surface area contributed by atoms with Gasteiger partial charge in [-0.2, -0.15) is 0 Å². The van der Waals surface area contributed by atoms with Crippen LogP contribution >= 0.6 is 12.2 Å². The van der Waals surface area contributed by atoms with Gasteiger partial charge in [-0.1, -0.05) is 12.1 Å². The lowest BCUT2D eigenvalue weighted by Gasteiger charge is -2.12. The van der Waals surface area contributed by atoms with Crippen LogP contribution in [0.15, 0.2) is 48.5 Å². The largest absolute Gasteiger partial charge is 0.491 e. The molecule has 2 aromatic carbocycles. The van der Waals surface area contributed by atoms with Crippen molar-refractivity contribution in [2.24, 2.45) is 0 Å². The number of rotatable bonds is 12. The molecule has 162 valence electrons. The highest BCUT2D eigenvalue weighted by Gasteiger charge is 2.09. The highest BCUT2D eigenvalue weighted by atomic mass is 32.1. The highest BCUT2D eigenvalue weighted by Crippen LogP contribution is 2.17. The van der Waals surface area contributed by atoms with Gasteiger partial charge in [-0.05, 0) is 56.4 Å². The predicted octanol–water partition coefficient (Wildman–Crippen LogP) is 3.64. The molecule has 1 amide bonds. The molecule has 7 nitrogen and oxygen atoms in total.